The van der Waals surface area contributed by atoms with Crippen LogP contribution < -0.4 is 0 Å². The predicted octanol–water partition coefficient (Wildman–Crippen LogP) is 8.87. The molecule has 0 aromatic heterocycles. The normalized spacial score (nSPS) is 13.5. The molecule has 0 aliphatic heterocycles. The Morgan fingerprint density at radius 3 is 1.64 bits per heavy atom. The van der Waals surface area contributed by atoms with Crippen LogP contribution >= 0.6 is 9.95 Å². The quantitative estimate of drug-likeness (QED) is 0.193. The van der Waals surface area contributed by atoms with Crippen LogP contribution in [0, 0.1) is 0 Å². The van der Waals surface area contributed by atoms with Crippen LogP contribution in [0.15, 0.2) is 30.3 Å². The van der Waals surface area contributed by atoms with Crippen molar-refractivity contribution in [1.82, 2.24) is 0 Å². The Morgan fingerprint density at radius 1 is 0.680 bits per heavy atom. The molecule has 0 aliphatic rings. The first-order valence-corrected chi connectivity index (χ1v) is 18.6. The zero-order valence-corrected chi connectivity index (χ0v) is 19.7. The molecule has 1 aromatic carbocycles. The van der Waals surface area contributed by atoms with Crippen molar-refractivity contribution in [2.75, 3.05) is 0 Å². The van der Waals surface area contributed by atoms with Gasteiger partial charge in [0.1, 0.15) is 0 Å². The van der Waals surface area contributed by atoms with E-state index in [0.717, 1.165) is 0 Å². The molecule has 25 heavy (non-hydrogen) atoms. The second-order valence-corrected chi connectivity index (χ2v) is 24.9. The van der Waals surface area contributed by atoms with E-state index in [1.54, 1.807) is 0 Å². The Bertz CT molecular complexity index is 439. The maximum absolute atomic E-state index is 7.49. The van der Waals surface area contributed by atoms with Gasteiger partial charge in [0.25, 0.3) is 0 Å². The van der Waals surface area contributed by atoms with E-state index < -0.39 is 11.5 Å². The number of hydrogen-bond acceptors (Lipinski definition) is 0. The number of halogens is 1. The van der Waals surface area contributed by atoms with E-state index in [0.29, 0.717) is 0 Å². The molecule has 146 valence electrons. The summed E-state index contributed by atoms with van der Waals surface area (Å²) in [5.74, 6) is 0. The monoisotopic (exact) mass is 428 g/mol. The van der Waals surface area contributed by atoms with E-state index in [2.05, 4.69) is 51.1 Å². The molecule has 1 aromatic rings. The Balaban J connectivity index is 2.30. The summed E-state index contributed by atoms with van der Waals surface area (Å²) in [6, 6.07) is 11.0. The Kier molecular flexibility index (Phi) is 11.5. The summed E-state index contributed by atoms with van der Waals surface area (Å²) in [5.41, 5.74) is 1.46. The molecule has 2 heteroatoms. The fraction of sp³-hybridized carbons (Fsp3) is 0.739. The van der Waals surface area contributed by atoms with Crippen LogP contribution in [-0.4, -0.2) is 11.5 Å². The van der Waals surface area contributed by atoms with Crippen molar-refractivity contribution in [2.24, 2.45) is 0 Å². The van der Waals surface area contributed by atoms with Crippen molar-refractivity contribution in [3.05, 3.63) is 35.9 Å². The minimum atomic E-state index is -2.70. The average Bonchev–Trinajstić information content (AvgIpc) is 2.64. The second-order valence-electron chi connectivity index (χ2n) is 8.00. The Morgan fingerprint density at radius 2 is 1.16 bits per heavy atom. The summed E-state index contributed by atoms with van der Waals surface area (Å²) in [5, 5.41) is 4.94. The zero-order valence-electron chi connectivity index (χ0n) is 17.1. The van der Waals surface area contributed by atoms with Crippen LogP contribution in [0.25, 0.3) is 0 Å². The summed E-state index contributed by atoms with van der Waals surface area (Å²) < 4.78 is 0. The van der Waals surface area contributed by atoms with Crippen molar-refractivity contribution in [3.63, 3.8) is 0 Å². The maximum atomic E-state index is 7.49. The fourth-order valence-corrected chi connectivity index (χ4v) is 13.2. The molecular formula is C23H42AsCl. The van der Waals surface area contributed by atoms with Crippen LogP contribution in [-0.2, 0) is 5.21 Å². The van der Waals surface area contributed by atoms with Gasteiger partial charge < -0.3 is 0 Å². The van der Waals surface area contributed by atoms with E-state index >= 15 is 0 Å². The van der Waals surface area contributed by atoms with Crippen LogP contribution in [0.2, 0.25) is 15.6 Å². The molecule has 0 nitrogen and oxygen atoms in total. The molecule has 0 heterocycles. The molecule has 0 N–H and O–H groups in total. The third-order valence-electron chi connectivity index (χ3n) is 6.07. The van der Waals surface area contributed by atoms with Crippen molar-refractivity contribution in [2.45, 2.75) is 106 Å². The molecule has 0 bridgehead atoms. The van der Waals surface area contributed by atoms with E-state index in [1.165, 1.54) is 90.6 Å². The van der Waals surface area contributed by atoms with Gasteiger partial charge in [-0.25, -0.2) is 0 Å². The summed E-state index contributed by atoms with van der Waals surface area (Å²) in [6.07, 6.45) is 14.1. The third-order valence-corrected chi connectivity index (χ3v) is 22.1. The molecule has 0 radical (unpaired) electrons. The summed E-state index contributed by atoms with van der Waals surface area (Å²) in [4.78, 5) is 0. The van der Waals surface area contributed by atoms with Crippen LogP contribution in [0.3, 0.4) is 0 Å². The zero-order chi connectivity index (χ0) is 18.5. The molecule has 0 fully saturated rings. The van der Waals surface area contributed by atoms with E-state index in [-0.39, 0.29) is 0 Å². The average molecular weight is 429 g/mol. The molecule has 0 atom stereocenters. The van der Waals surface area contributed by atoms with Gasteiger partial charge >= 0.3 is 163 Å². The van der Waals surface area contributed by atoms with E-state index in [9.17, 15) is 0 Å². The predicted molar refractivity (Wildman–Crippen MR) is 119 cm³/mol. The van der Waals surface area contributed by atoms with Gasteiger partial charge in [0.2, 0.25) is 0 Å². The van der Waals surface area contributed by atoms with E-state index in [1.807, 2.05) is 0 Å². The summed E-state index contributed by atoms with van der Waals surface area (Å²) in [6.45, 7) is 6.99. The molecule has 0 aliphatic carbocycles. The first kappa shape index (κ1) is 23.1. The topological polar surface area (TPSA) is 0 Å². The molecule has 0 spiro atoms. The van der Waals surface area contributed by atoms with Gasteiger partial charge in [0, 0.05) is 0 Å². The third kappa shape index (κ3) is 9.01. The van der Waals surface area contributed by atoms with Crippen molar-refractivity contribution in [1.29, 1.82) is 0 Å². The van der Waals surface area contributed by atoms with Crippen LogP contribution in [0.1, 0.15) is 90.5 Å². The van der Waals surface area contributed by atoms with Crippen molar-refractivity contribution >= 4 is 21.5 Å². The number of hydrogen-bond donors (Lipinski definition) is 0. The van der Waals surface area contributed by atoms with Gasteiger partial charge in [0.05, 0.1) is 0 Å². The first-order chi connectivity index (χ1) is 12.1. The molecular weight excluding hydrogens is 387 g/mol. The van der Waals surface area contributed by atoms with Gasteiger partial charge in [0.15, 0.2) is 0 Å². The SMILES string of the molecule is CCCCCCCCCCCC[As](Cl)(CC)(CC)Cc1ccccc1. The molecule has 0 unspecified atom stereocenters. The first-order valence-electron chi connectivity index (χ1n) is 10.8. The summed E-state index contributed by atoms with van der Waals surface area (Å²) in [7, 11) is 7.49. The minimum absolute atomic E-state index is 1.17. The number of benzene rings is 1. The van der Waals surface area contributed by atoms with E-state index in [4.69, 9.17) is 9.95 Å². The van der Waals surface area contributed by atoms with Gasteiger partial charge in [-0.3, -0.25) is 0 Å². The Hall–Kier alpha value is 0.0684. The second kappa shape index (κ2) is 12.5. The van der Waals surface area contributed by atoms with Gasteiger partial charge in [-0.2, -0.15) is 0 Å². The molecule has 0 saturated heterocycles. The number of unbranched alkanes of at least 4 members (excludes halogenated alkanes) is 9. The fourth-order valence-electron chi connectivity index (χ4n) is 3.88. The summed E-state index contributed by atoms with van der Waals surface area (Å²) >= 11 is -2.70. The molecule has 0 amide bonds. The van der Waals surface area contributed by atoms with Crippen molar-refractivity contribution in [3.8, 4) is 0 Å². The van der Waals surface area contributed by atoms with Gasteiger partial charge in [-0.1, -0.05) is 0 Å². The molecule has 1 rings (SSSR count). The van der Waals surface area contributed by atoms with Crippen LogP contribution in [0.5, 0.6) is 0 Å². The number of rotatable bonds is 15. The Labute approximate surface area is 162 Å². The van der Waals surface area contributed by atoms with Crippen LogP contribution in [0.4, 0.5) is 0 Å². The van der Waals surface area contributed by atoms with Gasteiger partial charge in [-0.15, -0.1) is 0 Å². The van der Waals surface area contributed by atoms with Crippen molar-refractivity contribution < 1.29 is 0 Å². The van der Waals surface area contributed by atoms with Gasteiger partial charge in [-0.05, 0) is 0 Å². The standard InChI is InChI=1S/C23H42AsCl/c1-4-7-8-9-10-11-12-13-14-18-21-24(25,5-2,6-3)22-23-19-16-15-17-20-23/h15-17,19-20H,4-14,18,21-22H2,1-3H3. The molecule has 0 saturated carbocycles.